The number of nitrogens with zero attached hydrogens (tertiary/aromatic N) is 2. The molecule has 5 rings (SSSR count). The molecule has 0 aliphatic carbocycles. The first-order chi connectivity index (χ1) is 14.2. The van der Waals surface area contributed by atoms with E-state index in [-0.39, 0.29) is 24.1 Å². The molecule has 1 atom stereocenters. The number of nitrogens with one attached hydrogen (secondary N) is 1. The molecular weight excluding hydrogens is 386 g/mol. The lowest BCUT2D eigenvalue weighted by Gasteiger charge is -2.28. The summed E-state index contributed by atoms with van der Waals surface area (Å²) >= 11 is 1.54. The summed E-state index contributed by atoms with van der Waals surface area (Å²) in [5, 5.41) is 11.7. The van der Waals surface area contributed by atoms with E-state index in [1.54, 1.807) is 11.0 Å². The molecule has 0 unspecified atom stereocenters. The van der Waals surface area contributed by atoms with E-state index in [9.17, 15) is 14.7 Å². The second kappa shape index (κ2) is 7.17. The summed E-state index contributed by atoms with van der Waals surface area (Å²) in [7, 11) is 0. The molecule has 1 fully saturated rings. The largest absolute Gasteiger partial charge is 0.394 e. The van der Waals surface area contributed by atoms with Gasteiger partial charge in [-0.15, -0.1) is 11.3 Å². The van der Waals surface area contributed by atoms with Crippen LogP contribution in [-0.4, -0.2) is 39.8 Å². The van der Waals surface area contributed by atoms with Crippen LogP contribution >= 0.6 is 11.3 Å². The Balaban J connectivity index is 1.75. The maximum absolute atomic E-state index is 13.6. The van der Waals surface area contributed by atoms with Crippen LogP contribution in [0.15, 0.2) is 52.6 Å². The van der Waals surface area contributed by atoms with E-state index >= 15 is 0 Å². The van der Waals surface area contributed by atoms with Crippen LogP contribution in [0.25, 0.3) is 21.7 Å². The molecule has 2 aliphatic heterocycles. The van der Waals surface area contributed by atoms with Crippen LogP contribution in [0.1, 0.15) is 28.8 Å². The maximum Gasteiger partial charge on any atom is 0.277 e. The first-order valence-corrected chi connectivity index (χ1v) is 10.6. The number of hydrogen-bond acceptors (Lipinski definition) is 5. The molecule has 7 heteroatoms. The number of aromatic nitrogens is 1. The smallest absolute Gasteiger partial charge is 0.277 e. The summed E-state index contributed by atoms with van der Waals surface area (Å²) in [6.45, 7) is 1.11. The molecule has 148 valence electrons. The molecule has 1 amide bonds. The molecule has 0 radical (unpaired) electrons. The maximum atomic E-state index is 13.6. The first kappa shape index (κ1) is 18.1. The summed E-state index contributed by atoms with van der Waals surface area (Å²) in [6.07, 6.45) is 1.67. The van der Waals surface area contributed by atoms with E-state index in [0.29, 0.717) is 29.9 Å². The van der Waals surface area contributed by atoms with Crippen LogP contribution < -0.4 is 11.0 Å². The Kier molecular flexibility index (Phi) is 4.49. The Morgan fingerprint density at radius 3 is 2.86 bits per heavy atom. The van der Waals surface area contributed by atoms with Crippen molar-refractivity contribution in [3.63, 3.8) is 0 Å². The highest BCUT2D eigenvalue weighted by atomic mass is 32.1. The highest BCUT2D eigenvalue weighted by Crippen LogP contribution is 2.36. The minimum Gasteiger partial charge on any atom is -0.394 e. The van der Waals surface area contributed by atoms with E-state index in [0.717, 1.165) is 28.8 Å². The number of thiophene rings is 1. The third-order valence-corrected chi connectivity index (χ3v) is 6.72. The van der Waals surface area contributed by atoms with Crippen LogP contribution in [0.3, 0.4) is 0 Å². The number of hydrogen-bond donors (Lipinski definition) is 2. The van der Waals surface area contributed by atoms with Crippen molar-refractivity contribution in [2.45, 2.75) is 25.4 Å². The second-order valence-electron chi connectivity index (χ2n) is 7.41. The lowest BCUT2D eigenvalue weighted by Crippen LogP contribution is -2.40. The van der Waals surface area contributed by atoms with Crippen molar-refractivity contribution in [2.75, 3.05) is 18.6 Å². The van der Waals surface area contributed by atoms with Crippen molar-refractivity contribution in [1.82, 2.24) is 9.58 Å². The fourth-order valence-electron chi connectivity index (χ4n) is 4.27. The summed E-state index contributed by atoms with van der Waals surface area (Å²) in [5.41, 5.74) is 6.49. The number of likely N-dealkylation sites (tertiary alicyclic amines) is 1. The molecule has 1 saturated heterocycles. The lowest BCUT2D eigenvalue weighted by molar-refractivity contribution is 0.0677. The number of rotatable bonds is 3. The van der Waals surface area contributed by atoms with Gasteiger partial charge in [0.05, 0.1) is 35.3 Å². The summed E-state index contributed by atoms with van der Waals surface area (Å²) in [6, 6.07) is 13.0. The van der Waals surface area contributed by atoms with Gasteiger partial charge in [0.25, 0.3) is 11.5 Å². The Bertz CT molecular complexity index is 1140. The van der Waals surface area contributed by atoms with Crippen LogP contribution in [0.4, 0.5) is 0 Å². The number of benzene rings is 1. The van der Waals surface area contributed by atoms with Gasteiger partial charge in [0.2, 0.25) is 0 Å². The van der Waals surface area contributed by atoms with E-state index in [1.165, 1.54) is 16.0 Å². The van der Waals surface area contributed by atoms with E-state index in [2.05, 4.69) is 5.43 Å². The Hall–Kier alpha value is -2.90. The molecule has 2 N–H and O–H groups in total. The van der Waals surface area contributed by atoms with Crippen LogP contribution in [0, 0.1) is 0 Å². The molecular formula is C22H21N3O3S. The summed E-state index contributed by atoms with van der Waals surface area (Å²) in [4.78, 5) is 29.6. The van der Waals surface area contributed by atoms with Gasteiger partial charge in [-0.2, -0.15) is 0 Å². The van der Waals surface area contributed by atoms with Gasteiger partial charge in [-0.25, -0.2) is 4.68 Å². The van der Waals surface area contributed by atoms with Crippen molar-refractivity contribution in [3.05, 3.63) is 69.3 Å². The minimum atomic E-state index is -0.172. The minimum absolute atomic E-state index is 0.0469. The van der Waals surface area contributed by atoms with Crippen molar-refractivity contribution in [3.8, 4) is 21.7 Å². The van der Waals surface area contributed by atoms with Gasteiger partial charge >= 0.3 is 0 Å². The number of carbonyl (C=O) groups is 1. The van der Waals surface area contributed by atoms with Crippen LogP contribution in [0.5, 0.6) is 0 Å². The molecule has 2 aliphatic rings. The van der Waals surface area contributed by atoms with Crippen molar-refractivity contribution < 1.29 is 9.90 Å². The molecule has 4 heterocycles. The monoisotopic (exact) mass is 407 g/mol. The quantitative estimate of drug-likeness (QED) is 0.700. The third kappa shape index (κ3) is 2.89. The van der Waals surface area contributed by atoms with Gasteiger partial charge in [0.1, 0.15) is 0 Å². The van der Waals surface area contributed by atoms with Gasteiger partial charge in [-0.3, -0.25) is 9.59 Å². The number of aliphatic hydroxyl groups is 1. The number of amides is 1. The zero-order chi connectivity index (χ0) is 20.0. The summed E-state index contributed by atoms with van der Waals surface area (Å²) in [5.74, 6) is -0.134. The van der Waals surface area contributed by atoms with E-state index in [4.69, 9.17) is 0 Å². The molecule has 29 heavy (non-hydrogen) atoms. The van der Waals surface area contributed by atoms with Gasteiger partial charge in [0.15, 0.2) is 0 Å². The molecule has 0 spiro atoms. The van der Waals surface area contributed by atoms with Gasteiger partial charge in [-0.05, 0) is 41.5 Å². The van der Waals surface area contributed by atoms with Crippen molar-refractivity contribution in [2.24, 2.45) is 0 Å². The fraction of sp³-hybridized carbons (Fsp3) is 0.273. The van der Waals surface area contributed by atoms with Crippen molar-refractivity contribution in [1.29, 1.82) is 0 Å². The zero-order valence-electron chi connectivity index (χ0n) is 15.8. The first-order valence-electron chi connectivity index (χ1n) is 9.77. The molecule has 0 saturated carbocycles. The fourth-order valence-corrected chi connectivity index (χ4v) is 5.25. The van der Waals surface area contributed by atoms with Gasteiger partial charge < -0.3 is 15.4 Å². The standard InChI is InChI=1S/C22H21N3O3S/c26-13-16-7-4-9-24(16)21(27)18-11-17(14-5-2-1-3-6-14)22(28)25-19(18)20-15(12-23-25)8-10-29-20/h1-3,5-6,8,10-11,16,23,26H,4,7,9,12-13H2/t16-/m1/s1. The third-order valence-electron chi connectivity index (χ3n) is 5.75. The van der Waals surface area contributed by atoms with E-state index < -0.39 is 0 Å². The topological polar surface area (TPSA) is 74.6 Å². The molecule has 6 nitrogen and oxygen atoms in total. The number of carbonyl (C=O) groups excluding carboxylic acids is 1. The number of aliphatic hydroxyl groups excluding tert-OH is 1. The van der Waals surface area contributed by atoms with Gasteiger partial charge in [-0.1, -0.05) is 30.3 Å². The second-order valence-corrected chi connectivity index (χ2v) is 8.33. The SMILES string of the molecule is O=C(c1cc(-c2ccccc2)c(=O)n2c1-c1sccc1CN2)N1CCC[C@@H]1CO. The van der Waals surface area contributed by atoms with E-state index in [1.807, 2.05) is 41.8 Å². The highest BCUT2D eigenvalue weighted by Gasteiger charge is 2.33. The average molecular weight is 407 g/mol. The Morgan fingerprint density at radius 1 is 1.24 bits per heavy atom. The van der Waals surface area contributed by atoms with Gasteiger partial charge in [0, 0.05) is 12.1 Å². The zero-order valence-corrected chi connectivity index (χ0v) is 16.6. The normalized spacial score (nSPS) is 17.6. The van der Waals surface area contributed by atoms with Crippen LogP contribution in [-0.2, 0) is 6.54 Å². The highest BCUT2D eigenvalue weighted by molar-refractivity contribution is 7.13. The Labute approximate surface area is 172 Å². The number of fused-ring (bicyclic) bond motifs is 3. The predicted octanol–water partition coefficient (Wildman–Crippen LogP) is 2.90. The van der Waals surface area contributed by atoms with Crippen molar-refractivity contribution >= 4 is 17.2 Å². The van der Waals surface area contributed by atoms with Crippen LogP contribution in [0.2, 0.25) is 0 Å². The molecule has 1 aromatic carbocycles. The number of pyridine rings is 1. The predicted molar refractivity (Wildman–Crippen MR) is 114 cm³/mol. The molecule has 2 aromatic heterocycles. The molecule has 0 bridgehead atoms. The lowest BCUT2D eigenvalue weighted by atomic mass is 10.00. The molecule has 3 aromatic rings. The summed E-state index contributed by atoms with van der Waals surface area (Å²) < 4.78 is 1.53. The average Bonchev–Trinajstić information content (AvgIpc) is 3.43. The Morgan fingerprint density at radius 2 is 2.07 bits per heavy atom.